The van der Waals surface area contributed by atoms with Crippen molar-refractivity contribution in [2.75, 3.05) is 5.32 Å². The average molecular weight is 324 g/mol. The van der Waals surface area contributed by atoms with E-state index in [0.717, 1.165) is 6.07 Å². The van der Waals surface area contributed by atoms with Crippen LogP contribution in [0.3, 0.4) is 0 Å². The predicted molar refractivity (Wildman–Crippen MR) is 82.9 cm³/mol. The normalized spacial score (nSPS) is 11.3. The molecule has 1 aromatic heterocycles. The number of amides is 1. The van der Waals surface area contributed by atoms with Gasteiger partial charge in [-0.25, -0.2) is 9.37 Å². The van der Waals surface area contributed by atoms with Gasteiger partial charge in [-0.3, -0.25) is 19.9 Å². The number of H-pyrrole nitrogens is 1. The molecule has 0 fully saturated rings. The van der Waals surface area contributed by atoms with Crippen molar-refractivity contribution in [2.45, 2.75) is 26.2 Å². The molecule has 0 aliphatic heterocycles. The lowest BCUT2D eigenvalue weighted by molar-refractivity contribution is 0.102. The smallest absolute Gasteiger partial charge is 0.258 e. The second-order valence-corrected chi connectivity index (χ2v) is 6.22. The van der Waals surface area contributed by atoms with Gasteiger partial charge in [0.05, 0.1) is 10.7 Å². The first-order valence-corrected chi connectivity index (χ1v) is 6.93. The Hall–Kier alpha value is -2.21. The van der Waals surface area contributed by atoms with Crippen LogP contribution in [0.5, 0.6) is 0 Å². The van der Waals surface area contributed by atoms with Crippen molar-refractivity contribution in [1.82, 2.24) is 9.97 Å². The van der Waals surface area contributed by atoms with Crippen molar-refractivity contribution in [2.24, 2.45) is 0 Å². The summed E-state index contributed by atoms with van der Waals surface area (Å²) in [6.07, 6.45) is 0. The third-order valence-electron chi connectivity index (χ3n) is 2.92. The van der Waals surface area contributed by atoms with Crippen LogP contribution in [0.1, 0.15) is 36.8 Å². The molecule has 0 atom stereocenters. The molecule has 0 aliphatic carbocycles. The van der Waals surface area contributed by atoms with Crippen LogP contribution < -0.4 is 10.9 Å². The van der Waals surface area contributed by atoms with E-state index in [-0.39, 0.29) is 27.5 Å². The quantitative estimate of drug-likeness (QED) is 0.891. The van der Waals surface area contributed by atoms with E-state index >= 15 is 0 Å². The van der Waals surface area contributed by atoms with E-state index < -0.39 is 11.7 Å². The maximum absolute atomic E-state index is 13.1. The number of carbonyl (C=O) groups is 1. The summed E-state index contributed by atoms with van der Waals surface area (Å²) in [7, 11) is 0. The minimum absolute atomic E-state index is 0.0304. The highest BCUT2D eigenvalue weighted by atomic mass is 35.5. The first-order chi connectivity index (χ1) is 10.2. The zero-order chi connectivity index (χ0) is 16.5. The van der Waals surface area contributed by atoms with Crippen molar-refractivity contribution >= 4 is 23.5 Å². The summed E-state index contributed by atoms with van der Waals surface area (Å²) in [5.74, 6) is -1.13. The summed E-state index contributed by atoms with van der Waals surface area (Å²) in [6, 6.07) is 4.98. The highest BCUT2D eigenvalue weighted by Crippen LogP contribution is 2.20. The zero-order valence-electron chi connectivity index (χ0n) is 12.3. The van der Waals surface area contributed by atoms with E-state index in [1.54, 1.807) is 0 Å². The number of aromatic nitrogens is 2. The Bertz CT molecular complexity index is 781. The van der Waals surface area contributed by atoms with E-state index in [0.29, 0.717) is 5.69 Å². The molecular formula is C15H15ClFN3O2. The van der Waals surface area contributed by atoms with Crippen molar-refractivity contribution in [1.29, 1.82) is 0 Å². The Morgan fingerprint density at radius 1 is 1.32 bits per heavy atom. The summed E-state index contributed by atoms with van der Waals surface area (Å²) in [6.45, 7) is 5.71. The van der Waals surface area contributed by atoms with Gasteiger partial charge in [0.1, 0.15) is 5.82 Å². The fraction of sp³-hybridized carbons (Fsp3) is 0.267. The van der Waals surface area contributed by atoms with Crippen LogP contribution in [0.25, 0.3) is 0 Å². The predicted octanol–water partition coefficient (Wildman–Crippen LogP) is 3.11. The minimum Gasteiger partial charge on any atom is -0.292 e. The van der Waals surface area contributed by atoms with Gasteiger partial charge >= 0.3 is 0 Å². The number of benzene rings is 1. The minimum atomic E-state index is -0.612. The Morgan fingerprint density at radius 3 is 2.59 bits per heavy atom. The molecule has 5 nitrogen and oxygen atoms in total. The second-order valence-electron chi connectivity index (χ2n) is 5.81. The Balaban J connectivity index is 2.30. The van der Waals surface area contributed by atoms with Crippen molar-refractivity contribution in [3.05, 3.63) is 56.7 Å². The number of nitrogens with one attached hydrogen (secondary N) is 2. The average Bonchev–Trinajstić information content (AvgIpc) is 2.40. The maximum Gasteiger partial charge on any atom is 0.258 e. The molecule has 0 aliphatic rings. The standard InChI is InChI=1S/C15H15ClFN3O2/c1-15(2,3)11-7-12(21)19-14(18-11)20-13(22)8-4-5-10(17)9(16)6-8/h4-7H,1-3H3,(H2,18,19,20,21,22). The Morgan fingerprint density at radius 2 is 2.00 bits per heavy atom. The molecule has 0 unspecified atom stereocenters. The monoisotopic (exact) mass is 323 g/mol. The largest absolute Gasteiger partial charge is 0.292 e. The van der Waals surface area contributed by atoms with Gasteiger partial charge in [-0.15, -0.1) is 0 Å². The van der Waals surface area contributed by atoms with Gasteiger partial charge < -0.3 is 0 Å². The van der Waals surface area contributed by atoms with Gasteiger partial charge in [-0.2, -0.15) is 0 Å². The van der Waals surface area contributed by atoms with Gasteiger partial charge in [0, 0.05) is 17.0 Å². The highest BCUT2D eigenvalue weighted by Gasteiger charge is 2.18. The van der Waals surface area contributed by atoms with Crippen molar-refractivity contribution in [3.8, 4) is 0 Å². The van der Waals surface area contributed by atoms with Gasteiger partial charge in [0.15, 0.2) is 0 Å². The van der Waals surface area contributed by atoms with E-state index in [2.05, 4.69) is 15.3 Å². The van der Waals surface area contributed by atoms with Crippen LogP contribution in [0.4, 0.5) is 10.3 Å². The number of hydrogen-bond donors (Lipinski definition) is 2. The summed E-state index contributed by atoms with van der Waals surface area (Å²) < 4.78 is 13.1. The van der Waals surface area contributed by atoms with E-state index in [4.69, 9.17) is 11.6 Å². The lowest BCUT2D eigenvalue weighted by atomic mass is 9.92. The molecule has 1 aromatic carbocycles. The van der Waals surface area contributed by atoms with Gasteiger partial charge in [0.25, 0.3) is 11.5 Å². The molecule has 2 aromatic rings. The Labute approximate surface area is 131 Å². The molecule has 0 saturated heterocycles. The number of nitrogens with zero attached hydrogens (tertiary/aromatic N) is 1. The molecule has 7 heteroatoms. The number of rotatable bonds is 2. The molecule has 1 amide bonds. The van der Waals surface area contributed by atoms with Crippen molar-refractivity contribution in [3.63, 3.8) is 0 Å². The number of aromatic amines is 1. The third-order valence-corrected chi connectivity index (χ3v) is 3.21. The number of hydrogen-bond acceptors (Lipinski definition) is 3. The zero-order valence-corrected chi connectivity index (χ0v) is 13.1. The molecule has 2 rings (SSSR count). The summed E-state index contributed by atoms with van der Waals surface area (Å²) in [5.41, 5.74) is -0.00122. The SMILES string of the molecule is CC(C)(C)c1cc(=O)[nH]c(NC(=O)c2ccc(F)c(Cl)c2)n1. The van der Waals surface area contributed by atoms with Crippen LogP contribution >= 0.6 is 11.6 Å². The van der Waals surface area contributed by atoms with Crippen LogP contribution in [0.15, 0.2) is 29.1 Å². The van der Waals surface area contributed by atoms with Gasteiger partial charge in [-0.1, -0.05) is 32.4 Å². The fourth-order valence-corrected chi connectivity index (χ4v) is 1.90. The van der Waals surface area contributed by atoms with Crippen LogP contribution in [0.2, 0.25) is 5.02 Å². The van der Waals surface area contributed by atoms with Crippen LogP contribution in [-0.4, -0.2) is 15.9 Å². The summed E-state index contributed by atoms with van der Waals surface area (Å²) >= 11 is 5.64. The summed E-state index contributed by atoms with van der Waals surface area (Å²) in [5, 5.41) is 2.32. The molecular weight excluding hydrogens is 309 g/mol. The fourth-order valence-electron chi connectivity index (χ4n) is 1.72. The molecule has 116 valence electrons. The first-order valence-electron chi connectivity index (χ1n) is 6.55. The van der Waals surface area contributed by atoms with Crippen LogP contribution in [0, 0.1) is 5.82 Å². The van der Waals surface area contributed by atoms with E-state index in [1.807, 2.05) is 20.8 Å². The van der Waals surface area contributed by atoms with E-state index in [1.165, 1.54) is 18.2 Å². The molecule has 1 heterocycles. The molecule has 22 heavy (non-hydrogen) atoms. The highest BCUT2D eigenvalue weighted by molar-refractivity contribution is 6.31. The number of carbonyl (C=O) groups excluding carboxylic acids is 1. The number of halogens is 2. The molecule has 0 bridgehead atoms. The van der Waals surface area contributed by atoms with Crippen LogP contribution in [-0.2, 0) is 5.41 Å². The van der Waals surface area contributed by atoms with Crippen molar-refractivity contribution < 1.29 is 9.18 Å². The summed E-state index contributed by atoms with van der Waals surface area (Å²) in [4.78, 5) is 30.4. The molecule has 0 saturated carbocycles. The Kier molecular flexibility index (Phi) is 4.32. The number of anilines is 1. The maximum atomic E-state index is 13.1. The lowest BCUT2D eigenvalue weighted by Gasteiger charge is -2.17. The van der Waals surface area contributed by atoms with E-state index in [9.17, 15) is 14.0 Å². The molecule has 0 radical (unpaired) electrons. The first kappa shape index (κ1) is 16.2. The molecule has 2 N–H and O–H groups in total. The second kappa shape index (κ2) is 5.88. The van der Waals surface area contributed by atoms with Gasteiger partial charge in [-0.05, 0) is 18.2 Å². The van der Waals surface area contributed by atoms with Gasteiger partial charge in [0.2, 0.25) is 5.95 Å². The third kappa shape index (κ3) is 3.71. The topological polar surface area (TPSA) is 74.8 Å². The lowest BCUT2D eigenvalue weighted by Crippen LogP contribution is -2.23. The molecule has 0 spiro atoms.